The number of hydrogen-bond donors (Lipinski definition) is 0. The summed E-state index contributed by atoms with van der Waals surface area (Å²) in [6.45, 7) is 3.37. The molecule has 0 saturated carbocycles. The van der Waals surface area contributed by atoms with Crippen LogP contribution >= 0.6 is 15.9 Å². The van der Waals surface area contributed by atoms with Crippen molar-refractivity contribution in [1.82, 2.24) is 0 Å². The maximum atomic E-state index is 12.2. The highest BCUT2D eigenvalue weighted by atomic mass is 79.9. The minimum Gasteiger partial charge on any atom is -0.480 e. The van der Waals surface area contributed by atoms with Crippen LogP contribution in [0.3, 0.4) is 0 Å². The SMILES string of the molecule is CC(C)(Oc1ccc(-c2ccc(OC(F)(F)F)cc2)cc1)C(=O)CBr. The van der Waals surface area contributed by atoms with Crippen LogP contribution in [0.15, 0.2) is 48.5 Å². The molecule has 25 heavy (non-hydrogen) atoms. The average molecular weight is 417 g/mol. The maximum absolute atomic E-state index is 12.2. The Balaban J connectivity index is 2.11. The lowest BCUT2D eigenvalue weighted by Crippen LogP contribution is -2.39. The minimum atomic E-state index is -4.71. The van der Waals surface area contributed by atoms with Gasteiger partial charge < -0.3 is 9.47 Å². The third kappa shape index (κ3) is 5.49. The molecule has 3 nitrogen and oxygen atoms in total. The molecule has 0 aliphatic rings. The summed E-state index contributed by atoms with van der Waals surface area (Å²) in [6.07, 6.45) is -4.71. The van der Waals surface area contributed by atoms with Crippen LogP contribution in [0.5, 0.6) is 11.5 Å². The summed E-state index contributed by atoms with van der Waals surface area (Å²) in [4.78, 5) is 11.8. The lowest BCUT2D eigenvalue weighted by atomic mass is 10.0. The molecule has 2 aromatic rings. The van der Waals surface area contributed by atoms with Crippen LogP contribution in [0, 0.1) is 0 Å². The highest BCUT2D eigenvalue weighted by Gasteiger charge is 2.31. The van der Waals surface area contributed by atoms with Gasteiger partial charge in [-0.2, -0.15) is 0 Å². The van der Waals surface area contributed by atoms with E-state index in [1.165, 1.54) is 24.3 Å². The minimum absolute atomic E-state index is 0.0863. The van der Waals surface area contributed by atoms with E-state index in [-0.39, 0.29) is 16.9 Å². The van der Waals surface area contributed by atoms with Gasteiger partial charge in [0.25, 0.3) is 0 Å². The van der Waals surface area contributed by atoms with Crippen LogP contribution in [0.25, 0.3) is 11.1 Å². The third-order valence-electron chi connectivity index (χ3n) is 3.44. The predicted molar refractivity (Wildman–Crippen MR) is 92.1 cm³/mol. The summed E-state index contributed by atoms with van der Waals surface area (Å²) >= 11 is 3.12. The summed E-state index contributed by atoms with van der Waals surface area (Å²) in [5.41, 5.74) is 0.578. The van der Waals surface area contributed by atoms with Crippen molar-refractivity contribution in [2.45, 2.75) is 25.8 Å². The number of Topliss-reactive ketones (excluding diaryl/α,β-unsaturated/α-hetero) is 1. The fraction of sp³-hybridized carbons (Fsp3) is 0.278. The Hall–Kier alpha value is -2.02. The summed E-state index contributed by atoms with van der Waals surface area (Å²) in [5.74, 6) is 0.170. The van der Waals surface area contributed by atoms with Crippen LogP contribution in [-0.4, -0.2) is 23.1 Å². The molecule has 2 rings (SSSR count). The highest BCUT2D eigenvalue weighted by Crippen LogP contribution is 2.28. The van der Waals surface area contributed by atoms with Crippen molar-refractivity contribution < 1.29 is 27.4 Å². The molecule has 0 bridgehead atoms. The highest BCUT2D eigenvalue weighted by molar-refractivity contribution is 9.09. The van der Waals surface area contributed by atoms with E-state index in [0.717, 1.165) is 11.1 Å². The van der Waals surface area contributed by atoms with E-state index < -0.39 is 12.0 Å². The van der Waals surface area contributed by atoms with Crippen molar-refractivity contribution in [3.05, 3.63) is 48.5 Å². The van der Waals surface area contributed by atoms with E-state index in [0.29, 0.717) is 5.75 Å². The van der Waals surface area contributed by atoms with Crippen LogP contribution < -0.4 is 9.47 Å². The molecule has 0 aliphatic carbocycles. The Kier molecular flexibility index (Phi) is 5.77. The van der Waals surface area contributed by atoms with Crippen molar-refractivity contribution in [1.29, 1.82) is 0 Å². The fourth-order valence-corrected chi connectivity index (χ4v) is 2.75. The lowest BCUT2D eigenvalue weighted by Gasteiger charge is -2.24. The number of hydrogen-bond acceptors (Lipinski definition) is 3. The number of carbonyl (C=O) groups excluding carboxylic acids is 1. The van der Waals surface area contributed by atoms with Crippen LogP contribution in [0.2, 0.25) is 0 Å². The van der Waals surface area contributed by atoms with Gasteiger partial charge in [-0.05, 0) is 49.2 Å². The van der Waals surface area contributed by atoms with Crippen LogP contribution in [-0.2, 0) is 4.79 Å². The van der Waals surface area contributed by atoms with Gasteiger partial charge in [0.15, 0.2) is 11.4 Å². The first kappa shape index (κ1) is 19.3. The molecular weight excluding hydrogens is 401 g/mol. The van der Waals surface area contributed by atoms with Gasteiger partial charge in [0.2, 0.25) is 0 Å². The zero-order chi connectivity index (χ0) is 18.7. The molecule has 0 aliphatic heterocycles. The van der Waals surface area contributed by atoms with E-state index in [1.54, 1.807) is 38.1 Å². The first-order valence-corrected chi connectivity index (χ1v) is 8.47. The number of rotatable bonds is 6. The normalized spacial score (nSPS) is 11.9. The Morgan fingerprint density at radius 1 is 0.880 bits per heavy atom. The molecule has 0 unspecified atom stereocenters. The number of alkyl halides is 4. The topological polar surface area (TPSA) is 35.5 Å². The second kappa shape index (κ2) is 7.47. The smallest absolute Gasteiger partial charge is 0.480 e. The number of carbonyl (C=O) groups is 1. The molecule has 0 atom stereocenters. The largest absolute Gasteiger partial charge is 0.573 e. The zero-order valence-corrected chi connectivity index (χ0v) is 15.1. The molecule has 0 saturated heterocycles. The molecule has 0 aromatic heterocycles. The molecule has 7 heteroatoms. The zero-order valence-electron chi connectivity index (χ0n) is 13.6. The van der Waals surface area contributed by atoms with E-state index in [1.807, 2.05) is 0 Å². The predicted octanol–water partition coefficient (Wildman–Crippen LogP) is 5.37. The Morgan fingerprint density at radius 3 is 1.64 bits per heavy atom. The third-order valence-corrected chi connectivity index (χ3v) is 3.95. The first-order chi connectivity index (χ1) is 11.6. The van der Waals surface area contributed by atoms with Crippen molar-refractivity contribution >= 4 is 21.7 Å². The molecule has 134 valence electrons. The molecular formula is C18H16BrF3O3. The van der Waals surface area contributed by atoms with Crippen LogP contribution in [0.4, 0.5) is 13.2 Å². The summed E-state index contributed by atoms with van der Waals surface area (Å²) < 4.78 is 46.0. The van der Waals surface area contributed by atoms with Crippen molar-refractivity contribution in [3.63, 3.8) is 0 Å². The summed E-state index contributed by atoms with van der Waals surface area (Å²) in [6, 6.07) is 12.5. The molecule has 0 N–H and O–H groups in total. The monoisotopic (exact) mass is 416 g/mol. The number of halogens is 4. The standard InChI is InChI=1S/C18H16BrF3O3/c1-17(2,16(23)11-19)24-14-7-3-12(4-8-14)13-5-9-15(10-6-13)25-18(20,21)22/h3-10H,11H2,1-2H3. The molecule has 2 aromatic carbocycles. The molecule has 0 fully saturated rings. The van der Waals surface area contributed by atoms with Gasteiger partial charge in [-0.25, -0.2) is 0 Å². The number of benzene rings is 2. The lowest BCUT2D eigenvalue weighted by molar-refractivity contribution is -0.274. The van der Waals surface area contributed by atoms with E-state index in [9.17, 15) is 18.0 Å². The first-order valence-electron chi connectivity index (χ1n) is 7.35. The fourth-order valence-electron chi connectivity index (χ4n) is 2.08. The van der Waals surface area contributed by atoms with Crippen molar-refractivity contribution in [3.8, 4) is 22.6 Å². The van der Waals surface area contributed by atoms with Crippen LogP contribution in [0.1, 0.15) is 13.8 Å². The summed E-state index contributed by atoms with van der Waals surface area (Å²) in [5, 5.41) is 0.199. The second-order valence-electron chi connectivity index (χ2n) is 5.77. The molecule has 0 spiro atoms. The maximum Gasteiger partial charge on any atom is 0.573 e. The second-order valence-corrected chi connectivity index (χ2v) is 6.33. The van der Waals surface area contributed by atoms with Gasteiger partial charge >= 0.3 is 6.36 Å². The van der Waals surface area contributed by atoms with Gasteiger partial charge in [-0.15, -0.1) is 13.2 Å². The van der Waals surface area contributed by atoms with E-state index >= 15 is 0 Å². The van der Waals surface area contributed by atoms with Gasteiger partial charge in [0, 0.05) is 0 Å². The van der Waals surface area contributed by atoms with Gasteiger partial charge in [-0.3, -0.25) is 4.79 Å². The number of ether oxygens (including phenoxy) is 2. The average Bonchev–Trinajstić information content (AvgIpc) is 2.54. The van der Waals surface area contributed by atoms with Gasteiger partial charge in [0.05, 0.1) is 5.33 Å². The van der Waals surface area contributed by atoms with E-state index in [4.69, 9.17) is 4.74 Å². The Morgan fingerprint density at radius 2 is 1.28 bits per heavy atom. The van der Waals surface area contributed by atoms with Crippen molar-refractivity contribution in [2.24, 2.45) is 0 Å². The molecule has 0 radical (unpaired) electrons. The molecule has 0 heterocycles. The quantitative estimate of drug-likeness (QED) is 0.593. The molecule has 0 amide bonds. The van der Waals surface area contributed by atoms with Crippen molar-refractivity contribution in [2.75, 3.05) is 5.33 Å². The van der Waals surface area contributed by atoms with E-state index in [2.05, 4.69) is 20.7 Å². The number of ketones is 1. The summed E-state index contributed by atoms with van der Waals surface area (Å²) in [7, 11) is 0. The Bertz CT molecular complexity index is 723. The van der Waals surface area contributed by atoms with Gasteiger partial charge in [-0.1, -0.05) is 40.2 Å². The Labute approximate surface area is 151 Å². The van der Waals surface area contributed by atoms with Gasteiger partial charge in [0.1, 0.15) is 11.5 Å².